The Balaban J connectivity index is 2.14. The zero-order valence-electron chi connectivity index (χ0n) is 11.8. The molecule has 0 aliphatic rings. The second-order valence-electron chi connectivity index (χ2n) is 4.96. The molecule has 0 fully saturated rings. The van der Waals surface area contributed by atoms with Crippen LogP contribution in [0.25, 0.3) is 0 Å². The third-order valence-electron chi connectivity index (χ3n) is 3.37. The average Bonchev–Trinajstić information content (AvgIpc) is 2.63. The lowest BCUT2D eigenvalue weighted by molar-refractivity contribution is 0.474. The van der Waals surface area contributed by atoms with E-state index >= 15 is 0 Å². The highest BCUT2D eigenvalue weighted by Crippen LogP contribution is 2.08. The fraction of sp³-hybridized carbons (Fsp3) is 0.786. The molecule has 0 aliphatic carbocycles. The Labute approximate surface area is 106 Å². The number of nitrogens with one attached hydrogen (secondary N) is 1. The summed E-state index contributed by atoms with van der Waals surface area (Å²) in [6.45, 7) is 11.0. The standard InChI is InChI=1S/C14H27N3/c1-5-9-15-12(2)8-6-7-10-17-11-16-13(3)14(17)4/h11-12,15H,5-10H2,1-4H3. The second kappa shape index (κ2) is 7.49. The molecule has 0 spiro atoms. The van der Waals surface area contributed by atoms with E-state index in [0.717, 1.165) is 18.8 Å². The highest BCUT2D eigenvalue weighted by atomic mass is 15.0. The van der Waals surface area contributed by atoms with Crippen molar-refractivity contribution in [2.24, 2.45) is 0 Å². The summed E-state index contributed by atoms with van der Waals surface area (Å²) in [6.07, 6.45) is 6.98. The maximum absolute atomic E-state index is 4.32. The number of imidazole rings is 1. The fourth-order valence-corrected chi connectivity index (χ4v) is 2.00. The molecule has 3 nitrogen and oxygen atoms in total. The molecule has 1 atom stereocenters. The van der Waals surface area contributed by atoms with Gasteiger partial charge in [0, 0.05) is 18.3 Å². The van der Waals surface area contributed by atoms with Gasteiger partial charge in [0.05, 0.1) is 12.0 Å². The monoisotopic (exact) mass is 237 g/mol. The van der Waals surface area contributed by atoms with Crippen LogP contribution in [0.4, 0.5) is 0 Å². The van der Waals surface area contributed by atoms with Crippen molar-refractivity contribution in [2.45, 2.75) is 66.0 Å². The molecular weight excluding hydrogens is 210 g/mol. The van der Waals surface area contributed by atoms with E-state index in [-0.39, 0.29) is 0 Å². The number of aryl methyl sites for hydroxylation is 2. The summed E-state index contributed by atoms with van der Waals surface area (Å²) in [5.74, 6) is 0. The molecule has 1 unspecified atom stereocenters. The zero-order valence-corrected chi connectivity index (χ0v) is 11.8. The predicted octanol–water partition coefficient (Wildman–Crippen LogP) is 3.06. The number of aromatic nitrogens is 2. The summed E-state index contributed by atoms with van der Waals surface area (Å²) < 4.78 is 2.26. The maximum atomic E-state index is 4.32. The number of nitrogens with zero attached hydrogens (tertiary/aromatic N) is 2. The summed E-state index contributed by atoms with van der Waals surface area (Å²) >= 11 is 0. The molecule has 0 saturated heterocycles. The molecule has 1 heterocycles. The van der Waals surface area contributed by atoms with Crippen molar-refractivity contribution < 1.29 is 0 Å². The van der Waals surface area contributed by atoms with E-state index < -0.39 is 0 Å². The Kier molecular flexibility index (Phi) is 6.27. The SMILES string of the molecule is CCCNC(C)CCCCn1cnc(C)c1C. The Morgan fingerprint density at radius 2 is 2.12 bits per heavy atom. The van der Waals surface area contributed by atoms with Crippen LogP contribution >= 0.6 is 0 Å². The van der Waals surface area contributed by atoms with Crippen LogP contribution in [-0.2, 0) is 6.54 Å². The van der Waals surface area contributed by atoms with Crippen molar-refractivity contribution in [1.29, 1.82) is 0 Å². The average molecular weight is 237 g/mol. The van der Waals surface area contributed by atoms with Gasteiger partial charge >= 0.3 is 0 Å². The zero-order chi connectivity index (χ0) is 12.7. The van der Waals surface area contributed by atoms with Crippen LogP contribution in [-0.4, -0.2) is 22.1 Å². The fourth-order valence-electron chi connectivity index (χ4n) is 2.00. The number of rotatable bonds is 8. The van der Waals surface area contributed by atoms with Crippen LogP contribution in [0.15, 0.2) is 6.33 Å². The molecular formula is C14H27N3. The van der Waals surface area contributed by atoms with Crippen LogP contribution in [0.2, 0.25) is 0 Å². The van der Waals surface area contributed by atoms with Crippen LogP contribution in [0, 0.1) is 13.8 Å². The normalized spacial score (nSPS) is 12.9. The van der Waals surface area contributed by atoms with Gasteiger partial charge in [-0.05, 0) is 46.6 Å². The van der Waals surface area contributed by atoms with Gasteiger partial charge in [-0.1, -0.05) is 13.3 Å². The molecule has 0 aliphatic heterocycles. The van der Waals surface area contributed by atoms with Gasteiger partial charge in [0.15, 0.2) is 0 Å². The van der Waals surface area contributed by atoms with Gasteiger partial charge in [-0.2, -0.15) is 0 Å². The first-order valence-electron chi connectivity index (χ1n) is 6.86. The minimum Gasteiger partial charge on any atom is -0.335 e. The summed E-state index contributed by atoms with van der Waals surface area (Å²) in [4.78, 5) is 4.32. The van der Waals surface area contributed by atoms with E-state index in [1.807, 2.05) is 6.33 Å². The topological polar surface area (TPSA) is 29.9 Å². The quantitative estimate of drug-likeness (QED) is 0.704. The third-order valence-corrected chi connectivity index (χ3v) is 3.37. The number of unbranched alkanes of at least 4 members (excludes halogenated alkanes) is 1. The van der Waals surface area contributed by atoms with Crippen molar-refractivity contribution in [2.75, 3.05) is 6.54 Å². The summed E-state index contributed by atoms with van der Waals surface area (Å²) in [5.41, 5.74) is 2.46. The molecule has 1 aromatic heterocycles. The molecule has 0 saturated carbocycles. The Morgan fingerprint density at radius 3 is 2.71 bits per heavy atom. The van der Waals surface area contributed by atoms with Crippen molar-refractivity contribution in [3.05, 3.63) is 17.7 Å². The third kappa shape index (κ3) is 4.90. The van der Waals surface area contributed by atoms with Gasteiger partial charge in [-0.3, -0.25) is 0 Å². The lowest BCUT2D eigenvalue weighted by Crippen LogP contribution is -2.26. The van der Waals surface area contributed by atoms with Crippen LogP contribution in [0.1, 0.15) is 50.9 Å². The van der Waals surface area contributed by atoms with Crippen molar-refractivity contribution >= 4 is 0 Å². The molecule has 0 aromatic carbocycles. The molecule has 0 bridgehead atoms. The van der Waals surface area contributed by atoms with E-state index in [1.165, 1.54) is 31.4 Å². The van der Waals surface area contributed by atoms with Gasteiger partial charge < -0.3 is 9.88 Å². The summed E-state index contributed by atoms with van der Waals surface area (Å²) in [6, 6.07) is 0.653. The van der Waals surface area contributed by atoms with Gasteiger partial charge in [-0.25, -0.2) is 4.98 Å². The Morgan fingerprint density at radius 1 is 1.35 bits per heavy atom. The molecule has 1 rings (SSSR count). The second-order valence-corrected chi connectivity index (χ2v) is 4.96. The van der Waals surface area contributed by atoms with Crippen LogP contribution in [0.3, 0.4) is 0 Å². The molecule has 0 radical (unpaired) electrons. The highest BCUT2D eigenvalue weighted by Gasteiger charge is 2.03. The van der Waals surface area contributed by atoms with Crippen LogP contribution < -0.4 is 5.32 Å². The van der Waals surface area contributed by atoms with E-state index in [0.29, 0.717) is 6.04 Å². The first kappa shape index (κ1) is 14.2. The minimum absolute atomic E-state index is 0.653. The largest absolute Gasteiger partial charge is 0.335 e. The van der Waals surface area contributed by atoms with Gasteiger partial charge in [0.2, 0.25) is 0 Å². The Bertz CT molecular complexity index is 317. The molecule has 0 amide bonds. The highest BCUT2D eigenvalue weighted by molar-refractivity contribution is 5.08. The lowest BCUT2D eigenvalue weighted by atomic mass is 10.1. The van der Waals surface area contributed by atoms with E-state index in [1.54, 1.807) is 0 Å². The summed E-state index contributed by atoms with van der Waals surface area (Å²) in [7, 11) is 0. The predicted molar refractivity (Wildman–Crippen MR) is 73.3 cm³/mol. The molecule has 1 N–H and O–H groups in total. The minimum atomic E-state index is 0.653. The first-order chi connectivity index (χ1) is 8.15. The lowest BCUT2D eigenvalue weighted by Gasteiger charge is -2.13. The molecule has 17 heavy (non-hydrogen) atoms. The Hall–Kier alpha value is -0.830. The van der Waals surface area contributed by atoms with Gasteiger partial charge in [0.25, 0.3) is 0 Å². The number of hydrogen-bond acceptors (Lipinski definition) is 2. The van der Waals surface area contributed by atoms with E-state index in [9.17, 15) is 0 Å². The van der Waals surface area contributed by atoms with Gasteiger partial charge in [-0.15, -0.1) is 0 Å². The van der Waals surface area contributed by atoms with Crippen molar-refractivity contribution in [1.82, 2.24) is 14.9 Å². The molecule has 98 valence electrons. The summed E-state index contributed by atoms with van der Waals surface area (Å²) in [5, 5.41) is 3.53. The maximum Gasteiger partial charge on any atom is 0.0951 e. The van der Waals surface area contributed by atoms with Crippen LogP contribution in [0.5, 0.6) is 0 Å². The van der Waals surface area contributed by atoms with Crippen molar-refractivity contribution in [3.63, 3.8) is 0 Å². The molecule has 3 heteroatoms. The van der Waals surface area contributed by atoms with Crippen molar-refractivity contribution in [3.8, 4) is 0 Å². The molecule has 1 aromatic rings. The smallest absolute Gasteiger partial charge is 0.0951 e. The van der Waals surface area contributed by atoms with E-state index in [4.69, 9.17) is 0 Å². The van der Waals surface area contributed by atoms with Gasteiger partial charge in [0.1, 0.15) is 0 Å². The first-order valence-corrected chi connectivity index (χ1v) is 6.86. The van der Waals surface area contributed by atoms with E-state index in [2.05, 4.69) is 42.6 Å². The number of hydrogen-bond donors (Lipinski definition) is 1.